The lowest BCUT2D eigenvalue weighted by Gasteiger charge is -2.26. The number of hydrogen-bond acceptors (Lipinski definition) is 5. The van der Waals surface area contributed by atoms with Crippen molar-refractivity contribution in [3.63, 3.8) is 0 Å². The highest BCUT2D eigenvalue weighted by molar-refractivity contribution is 5.94. The van der Waals surface area contributed by atoms with Crippen LogP contribution < -0.4 is 4.90 Å². The zero-order valence-corrected chi connectivity index (χ0v) is 19.5. The molecule has 2 aliphatic rings. The maximum atomic E-state index is 13.8. The first-order chi connectivity index (χ1) is 16.1. The fourth-order valence-electron chi connectivity index (χ4n) is 5.14. The topological polar surface area (TPSA) is 78.0 Å². The zero-order chi connectivity index (χ0) is 22.8. The zero-order valence-electron chi connectivity index (χ0n) is 19.5. The predicted molar refractivity (Wildman–Crippen MR) is 129 cm³/mol. The number of benzene rings is 1. The van der Waals surface area contributed by atoms with Gasteiger partial charge in [-0.05, 0) is 44.1 Å². The molecular formula is C26H32N6O. The first-order valence-corrected chi connectivity index (χ1v) is 12.1. The van der Waals surface area contributed by atoms with E-state index in [9.17, 15) is 4.79 Å². The highest BCUT2D eigenvalue weighted by atomic mass is 16.2. The van der Waals surface area contributed by atoms with Crippen LogP contribution in [-0.4, -0.2) is 51.6 Å². The third-order valence-corrected chi connectivity index (χ3v) is 6.88. The van der Waals surface area contributed by atoms with Crippen LogP contribution in [0.5, 0.6) is 0 Å². The summed E-state index contributed by atoms with van der Waals surface area (Å²) in [5, 5.41) is 7.71. The van der Waals surface area contributed by atoms with Gasteiger partial charge in [0, 0.05) is 43.7 Å². The van der Waals surface area contributed by atoms with Gasteiger partial charge in [0.15, 0.2) is 5.69 Å². The molecule has 0 radical (unpaired) electrons. The molecule has 1 saturated heterocycles. The molecule has 172 valence electrons. The molecule has 1 aliphatic carbocycles. The molecule has 0 spiro atoms. The van der Waals surface area contributed by atoms with Gasteiger partial charge in [-0.2, -0.15) is 5.10 Å². The normalized spacial score (nSPS) is 18.5. The molecule has 0 bridgehead atoms. The van der Waals surface area contributed by atoms with Crippen molar-refractivity contribution in [1.29, 1.82) is 0 Å². The van der Waals surface area contributed by atoms with E-state index < -0.39 is 0 Å². The van der Waals surface area contributed by atoms with E-state index in [0.717, 1.165) is 73.1 Å². The second-order valence-corrected chi connectivity index (χ2v) is 9.33. The lowest BCUT2D eigenvalue weighted by atomic mass is 9.96. The molecule has 1 aliphatic heterocycles. The minimum atomic E-state index is -0.0877. The van der Waals surface area contributed by atoms with Crippen LogP contribution >= 0.6 is 0 Å². The summed E-state index contributed by atoms with van der Waals surface area (Å²) in [5.41, 5.74) is 5.87. The van der Waals surface area contributed by atoms with E-state index in [4.69, 9.17) is 4.98 Å². The number of fused-ring (bicyclic) bond motifs is 1. The Labute approximate surface area is 195 Å². The third-order valence-electron chi connectivity index (χ3n) is 6.88. The number of anilines is 1. The van der Waals surface area contributed by atoms with Gasteiger partial charge in [-0.25, -0.2) is 9.97 Å². The van der Waals surface area contributed by atoms with E-state index in [2.05, 4.69) is 27.3 Å². The minimum absolute atomic E-state index is 0.0274. The Hall–Kier alpha value is -3.22. The van der Waals surface area contributed by atoms with Crippen molar-refractivity contribution in [3.05, 3.63) is 59.2 Å². The van der Waals surface area contributed by atoms with E-state index in [1.807, 2.05) is 48.3 Å². The summed E-state index contributed by atoms with van der Waals surface area (Å²) in [7, 11) is 3.89. The van der Waals surface area contributed by atoms with Crippen molar-refractivity contribution in [2.75, 3.05) is 25.5 Å². The highest BCUT2D eigenvalue weighted by Crippen LogP contribution is 2.38. The molecule has 1 amide bonds. The molecule has 5 rings (SSSR count). The molecule has 1 atom stereocenters. The molecule has 3 aromatic rings. The van der Waals surface area contributed by atoms with Crippen LogP contribution in [0.3, 0.4) is 0 Å². The monoisotopic (exact) mass is 444 g/mol. The van der Waals surface area contributed by atoms with Crippen molar-refractivity contribution in [2.45, 2.75) is 57.4 Å². The molecule has 1 N–H and O–H groups in total. The Kier molecular flexibility index (Phi) is 6.11. The molecule has 0 saturated carbocycles. The van der Waals surface area contributed by atoms with Crippen LogP contribution in [0.4, 0.5) is 5.95 Å². The first-order valence-electron chi connectivity index (χ1n) is 12.1. The van der Waals surface area contributed by atoms with Gasteiger partial charge in [-0.15, -0.1) is 0 Å². The van der Waals surface area contributed by atoms with Crippen molar-refractivity contribution in [1.82, 2.24) is 25.1 Å². The summed E-state index contributed by atoms with van der Waals surface area (Å²) in [6.07, 6.45) is 10.4. The van der Waals surface area contributed by atoms with Crippen LogP contribution in [0.2, 0.25) is 0 Å². The number of aromatic nitrogens is 4. The number of hydrogen-bond donors (Lipinski definition) is 1. The smallest absolute Gasteiger partial charge is 0.275 e. The maximum absolute atomic E-state index is 13.8. The Balaban J connectivity index is 1.53. The van der Waals surface area contributed by atoms with Gasteiger partial charge in [0.25, 0.3) is 5.91 Å². The Morgan fingerprint density at radius 2 is 1.85 bits per heavy atom. The summed E-state index contributed by atoms with van der Waals surface area (Å²) in [4.78, 5) is 27.2. The number of rotatable bonds is 4. The van der Waals surface area contributed by atoms with Gasteiger partial charge in [0.2, 0.25) is 5.95 Å². The standard InChI is InChI=1S/C26H32N6O/c1-31(2)26-27-17-20(18-11-6-5-7-12-18)23(28-26)22-15-10-16-32(22)25(33)24-19-13-8-3-4-9-14-21(19)29-30-24/h5-7,11-12,17,22H,3-4,8-10,13-16H2,1-2H3,(H,29,30)/t22-/m0/s1. The second-order valence-electron chi connectivity index (χ2n) is 9.33. The number of nitrogens with zero attached hydrogens (tertiary/aromatic N) is 5. The molecule has 7 nitrogen and oxygen atoms in total. The van der Waals surface area contributed by atoms with E-state index in [0.29, 0.717) is 11.6 Å². The van der Waals surface area contributed by atoms with Crippen molar-refractivity contribution < 1.29 is 4.79 Å². The number of carbonyl (C=O) groups is 1. The molecule has 3 heterocycles. The van der Waals surface area contributed by atoms with Gasteiger partial charge < -0.3 is 9.80 Å². The highest BCUT2D eigenvalue weighted by Gasteiger charge is 2.36. The number of aromatic amines is 1. The summed E-state index contributed by atoms with van der Waals surface area (Å²) in [6.45, 7) is 0.723. The van der Waals surface area contributed by atoms with E-state index in [1.54, 1.807) is 0 Å². The van der Waals surface area contributed by atoms with Crippen LogP contribution in [0.15, 0.2) is 36.5 Å². The van der Waals surface area contributed by atoms with E-state index in [1.165, 1.54) is 12.8 Å². The van der Waals surface area contributed by atoms with Gasteiger partial charge in [0.1, 0.15) is 0 Å². The number of H-pyrrole nitrogens is 1. The number of amides is 1. The molecule has 1 fully saturated rings. The van der Waals surface area contributed by atoms with Crippen molar-refractivity contribution >= 4 is 11.9 Å². The number of carbonyl (C=O) groups excluding carboxylic acids is 1. The van der Waals surface area contributed by atoms with Crippen LogP contribution in [0.25, 0.3) is 11.1 Å². The van der Waals surface area contributed by atoms with Crippen LogP contribution in [0.1, 0.15) is 72.0 Å². The van der Waals surface area contributed by atoms with E-state index >= 15 is 0 Å². The van der Waals surface area contributed by atoms with Gasteiger partial charge >= 0.3 is 0 Å². The SMILES string of the molecule is CN(C)c1ncc(-c2ccccc2)c([C@@H]2CCCN2C(=O)c2n[nH]c3c2CCCCCC3)n1. The van der Waals surface area contributed by atoms with Crippen LogP contribution in [-0.2, 0) is 12.8 Å². The lowest BCUT2D eigenvalue weighted by Crippen LogP contribution is -2.32. The predicted octanol–water partition coefficient (Wildman–Crippen LogP) is 4.57. The molecular weight excluding hydrogens is 412 g/mol. The Morgan fingerprint density at radius 3 is 2.64 bits per heavy atom. The summed E-state index contributed by atoms with van der Waals surface area (Å²) >= 11 is 0. The second kappa shape index (κ2) is 9.33. The molecule has 1 aromatic carbocycles. The number of aryl methyl sites for hydroxylation is 1. The average molecular weight is 445 g/mol. The summed E-state index contributed by atoms with van der Waals surface area (Å²) in [6, 6.07) is 10.1. The number of nitrogens with one attached hydrogen (secondary N) is 1. The third kappa shape index (κ3) is 4.24. The number of likely N-dealkylation sites (tertiary alicyclic amines) is 1. The summed E-state index contributed by atoms with van der Waals surface area (Å²) < 4.78 is 0. The van der Waals surface area contributed by atoms with Gasteiger partial charge in [-0.1, -0.05) is 43.2 Å². The largest absolute Gasteiger partial charge is 0.347 e. The molecule has 7 heteroatoms. The quantitative estimate of drug-likeness (QED) is 0.638. The van der Waals surface area contributed by atoms with E-state index in [-0.39, 0.29) is 11.9 Å². The van der Waals surface area contributed by atoms with Gasteiger partial charge in [0.05, 0.1) is 11.7 Å². The lowest BCUT2D eigenvalue weighted by molar-refractivity contribution is 0.0726. The average Bonchev–Trinajstić information content (AvgIpc) is 3.46. The minimum Gasteiger partial charge on any atom is -0.347 e. The summed E-state index contributed by atoms with van der Waals surface area (Å²) in [5.74, 6) is 0.688. The van der Waals surface area contributed by atoms with Gasteiger partial charge in [-0.3, -0.25) is 9.89 Å². The Bertz CT molecular complexity index is 1120. The molecule has 2 aromatic heterocycles. The molecule has 33 heavy (non-hydrogen) atoms. The Morgan fingerprint density at radius 1 is 1.06 bits per heavy atom. The maximum Gasteiger partial charge on any atom is 0.275 e. The fraction of sp³-hybridized carbons (Fsp3) is 0.462. The fourth-order valence-corrected chi connectivity index (χ4v) is 5.14. The van der Waals surface area contributed by atoms with Crippen molar-refractivity contribution in [3.8, 4) is 11.1 Å². The van der Waals surface area contributed by atoms with Crippen LogP contribution in [0, 0.1) is 0 Å². The first kappa shape index (κ1) is 21.6. The molecule has 0 unspecified atom stereocenters. The van der Waals surface area contributed by atoms with Crippen molar-refractivity contribution in [2.24, 2.45) is 0 Å².